The van der Waals surface area contributed by atoms with E-state index in [4.69, 9.17) is 18.3 Å². The third kappa shape index (κ3) is 18.0. The van der Waals surface area contributed by atoms with E-state index >= 15 is 0 Å². The van der Waals surface area contributed by atoms with Crippen molar-refractivity contribution in [2.24, 2.45) is 0 Å². The van der Waals surface area contributed by atoms with E-state index in [0.717, 1.165) is 60.1 Å². The molecule has 0 unspecified atom stereocenters. The smallest absolute Gasteiger partial charge is 0.247 e. The van der Waals surface area contributed by atoms with Crippen LogP contribution in [0.5, 0.6) is 11.5 Å². The molecular weight excluding hydrogens is 789 g/mol. The molecule has 4 aromatic carbocycles. The van der Waals surface area contributed by atoms with Gasteiger partial charge in [0, 0.05) is 22.6 Å². The van der Waals surface area contributed by atoms with Gasteiger partial charge in [0.2, 0.25) is 23.6 Å². The van der Waals surface area contributed by atoms with Crippen molar-refractivity contribution in [3.63, 3.8) is 0 Å². The lowest BCUT2D eigenvalue weighted by molar-refractivity contribution is 0.343. The molecule has 0 saturated carbocycles. The summed E-state index contributed by atoms with van der Waals surface area (Å²) < 4.78 is 23.0. The van der Waals surface area contributed by atoms with Gasteiger partial charge in [0.1, 0.15) is 11.5 Å². The summed E-state index contributed by atoms with van der Waals surface area (Å²) in [7, 11) is 8.41. The van der Waals surface area contributed by atoms with Crippen LogP contribution in [0.15, 0.2) is 130 Å². The summed E-state index contributed by atoms with van der Waals surface area (Å²) in [4.78, 5) is 4.41. The Bertz CT molecular complexity index is 1940. The summed E-state index contributed by atoms with van der Waals surface area (Å²) in [6.07, 6.45) is 13.3. The van der Waals surface area contributed by atoms with E-state index in [-0.39, 0.29) is 0 Å². The van der Waals surface area contributed by atoms with Gasteiger partial charge in [0.05, 0.1) is 24.7 Å². The number of allylic oxidation sites excluding steroid dienone is 2. The standard InChI is InChI=1S/2C24H29N3O2S/c2*1-27(2)16-8-4-5-9-20-12-14-21(15-13-20)24-26-25-23(29-24)19-30-18-17-28-22-10-6-3-7-11-22/h2*3,5-7,9-15H,4,8,16-19H2,1-2H3/b9-5+;9-5-. The predicted octanol–water partition coefficient (Wildman–Crippen LogP) is 10.8. The zero-order chi connectivity index (χ0) is 42.0. The van der Waals surface area contributed by atoms with Crippen LogP contribution in [0.25, 0.3) is 35.1 Å². The number of aromatic nitrogens is 4. The van der Waals surface area contributed by atoms with Gasteiger partial charge in [-0.1, -0.05) is 85.0 Å². The van der Waals surface area contributed by atoms with E-state index in [1.165, 1.54) is 24.0 Å². The van der Waals surface area contributed by atoms with Crippen molar-refractivity contribution in [2.75, 3.05) is 66.0 Å². The van der Waals surface area contributed by atoms with Gasteiger partial charge in [-0.3, -0.25) is 0 Å². The summed E-state index contributed by atoms with van der Waals surface area (Å²) in [5.74, 6) is 7.27. The Morgan fingerprint density at radius 3 is 1.30 bits per heavy atom. The molecule has 10 nitrogen and oxygen atoms in total. The van der Waals surface area contributed by atoms with Gasteiger partial charge >= 0.3 is 0 Å². The van der Waals surface area contributed by atoms with Crippen LogP contribution in [-0.4, -0.2) is 96.2 Å². The van der Waals surface area contributed by atoms with Crippen LogP contribution in [-0.2, 0) is 11.5 Å². The third-order valence-corrected chi connectivity index (χ3v) is 10.6. The average molecular weight is 847 g/mol. The van der Waals surface area contributed by atoms with Crippen LogP contribution in [0.4, 0.5) is 0 Å². The second kappa shape index (κ2) is 26.9. The number of hydrogen-bond donors (Lipinski definition) is 0. The van der Waals surface area contributed by atoms with E-state index in [2.05, 4.69) is 107 Å². The van der Waals surface area contributed by atoms with Crippen molar-refractivity contribution < 1.29 is 18.3 Å². The van der Waals surface area contributed by atoms with Crippen molar-refractivity contribution in [3.8, 4) is 34.4 Å². The molecule has 0 atom stereocenters. The lowest BCUT2D eigenvalue weighted by Crippen LogP contribution is -2.12. The maximum absolute atomic E-state index is 5.80. The predicted molar refractivity (Wildman–Crippen MR) is 249 cm³/mol. The number of rotatable bonds is 24. The first-order valence-corrected chi connectivity index (χ1v) is 22.7. The zero-order valence-electron chi connectivity index (χ0n) is 35.3. The average Bonchev–Trinajstić information content (AvgIpc) is 3.95. The van der Waals surface area contributed by atoms with Crippen LogP contribution in [0.3, 0.4) is 0 Å². The highest BCUT2D eigenvalue weighted by molar-refractivity contribution is 7.98. The highest BCUT2D eigenvalue weighted by atomic mass is 32.2. The molecule has 0 amide bonds. The minimum atomic E-state index is 0.563. The number of thioether (sulfide) groups is 2. The SMILES string of the molecule is CN(C)CCC/C=C/c1ccc(-c2nnc(CSCCOc3ccccc3)o2)cc1.CN(C)CCC/C=C\c1ccc(-c2nnc(CSCCOc3ccccc3)o2)cc1. The second-order valence-electron chi connectivity index (χ2n) is 14.4. The Morgan fingerprint density at radius 1 is 0.517 bits per heavy atom. The Balaban J connectivity index is 0.000000228. The van der Waals surface area contributed by atoms with E-state index in [1.54, 1.807) is 23.5 Å². The molecular formula is C48H58N6O4S2. The first kappa shape index (κ1) is 45.9. The fourth-order valence-corrected chi connectivity index (χ4v) is 6.88. The van der Waals surface area contributed by atoms with Crippen LogP contribution in [0.1, 0.15) is 48.6 Å². The molecule has 0 spiro atoms. The highest BCUT2D eigenvalue weighted by Gasteiger charge is 2.10. The molecule has 0 aliphatic rings. The molecule has 0 aliphatic carbocycles. The van der Waals surface area contributed by atoms with Crippen LogP contribution < -0.4 is 9.47 Å². The molecule has 0 N–H and O–H groups in total. The van der Waals surface area contributed by atoms with Crippen LogP contribution in [0.2, 0.25) is 0 Å². The topological polar surface area (TPSA) is 103 Å². The highest BCUT2D eigenvalue weighted by Crippen LogP contribution is 2.23. The Kier molecular flexibility index (Phi) is 20.6. The number of hydrogen-bond acceptors (Lipinski definition) is 12. The van der Waals surface area contributed by atoms with E-state index < -0.39 is 0 Å². The van der Waals surface area contributed by atoms with Gasteiger partial charge in [-0.05, 0) is 127 Å². The third-order valence-electron chi connectivity index (χ3n) is 8.75. The zero-order valence-corrected chi connectivity index (χ0v) is 37.0. The van der Waals surface area contributed by atoms with Gasteiger partial charge in [0.25, 0.3) is 0 Å². The first-order valence-electron chi connectivity index (χ1n) is 20.4. The molecule has 6 aromatic rings. The molecule has 60 heavy (non-hydrogen) atoms. The maximum atomic E-state index is 5.80. The van der Waals surface area contributed by atoms with Crippen molar-refractivity contribution >= 4 is 35.7 Å². The fourth-order valence-electron chi connectivity index (χ4n) is 5.61. The van der Waals surface area contributed by atoms with Crippen molar-refractivity contribution in [1.82, 2.24) is 30.2 Å². The number of nitrogens with zero attached hydrogens (tertiary/aromatic N) is 6. The lowest BCUT2D eigenvalue weighted by Gasteiger charge is -2.06. The Labute approximate surface area is 364 Å². The summed E-state index contributed by atoms with van der Waals surface area (Å²) in [6, 6.07) is 36.1. The van der Waals surface area contributed by atoms with Gasteiger partial charge in [-0.2, -0.15) is 0 Å². The molecule has 6 rings (SSSR count). The van der Waals surface area contributed by atoms with Gasteiger partial charge in [-0.15, -0.1) is 43.9 Å². The number of unbranched alkanes of at least 4 members (excludes halogenated alkanes) is 2. The van der Waals surface area contributed by atoms with Gasteiger partial charge in [0.15, 0.2) is 0 Å². The number of benzene rings is 4. The molecule has 0 bridgehead atoms. The second-order valence-corrected chi connectivity index (χ2v) is 16.6. The molecule has 12 heteroatoms. The largest absolute Gasteiger partial charge is 0.493 e. The van der Waals surface area contributed by atoms with Crippen molar-refractivity contribution in [2.45, 2.75) is 37.2 Å². The monoisotopic (exact) mass is 846 g/mol. The summed E-state index contributed by atoms with van der Waals surface area (Å²) >= 11 is 3.44. The fraction of sp³-hybridized carbons (Fsp3) is 0.333. The minimum Gasteiger partial charge on any atom is -0.493 e. The maximum Gasteiger partial charge on any atom is 0.247 e. The van der Waals surface area contributed by atoms with E-state index in [1.807, 2.05) is 84.9 Å². The molecule has 0 aliphatic heterocycles. The number of para-hydroxylation sites is 2. The van der Waals surface area contributed by atoms with Crippen LogP contribution in [0, 0.1) is 0 Å². The van der Waals surface area contributed by atoms with Gasteiger partial charge in [-0.25, -0.2) is 0 Å². The number of ether oxygens (including phenoxy) is 2. The molecule has 0 saturated heterocycles. The minimum absolute atomic E-state index is 0.563. The van der Waals surface area contributed by atoms with E-state index in [9.17, 15) is 0 Å². The van der Waals surface area contributed by atoms with Crippen LogP contribution >= 0.6 is 23.5 Å². The summed E-state index contributed by atoms with van der Waals surface area (Å²) in [5.41, 5.74) is 4.24. The first-order chi connectivity index (χ1) is 29.4. The summed E-state index contributed by atoms with van der Waals surface area (Å²) in [6.45, 7) is 3.53. The quantitative estimate of drug-likeness (QED) is 0.0542. The van der Waals surface area contributed by atoms with Crippen molar-refractivity contribution in [1.29, 1.82) is 0 Å². The molecule has 316 valence electrons. The molecule has 2 aromatic heterocycles. The van der Waals surface area contributed by atoms with Crippen molar-refractivity contribution in [3.05, 3.63) is 144 Å². The summed E-state index contributed by atoms with van der Waals surface area (Å²) in [5, 5.41) is 16.7. The normalized spacial score (nSPS) is 11.4. The molecule has 2 heterocycles. The van der Waals surface area contributed by atoms with E-state index in [0.29, 0.717) is 48.3 Å². The molecule has 0 fully saturated rings. The Morgan fingerprint density at radius 2 is 0.917 bits per heavy atom. The van der Waals surface area contributed by atoms with Gasteiger partial charge < -0.3 is 28.1 Å². The Hall–Kier alpha value is -5.14. The lowest BCUT2D eigenvalue weighted by atomic mass is 10.1. The molecule has 0 radical (unpaired) electrons.